The molecule has 0 amide bonds. The van der Waals surface area contributed by atoms with Crippen molar-refractivity contribution >= 4 is 0 Å². The summed E-state index contributed by atoms with van der Waals surface area (Å²) >= 11 is 0. The molecule has 0 rings (SSSR count). The first-order chi connectivity index (χ1) is 5.97. The minimum atomic E-state index is 0.336. The molecule has 1 atom stereocenters. The summed E-state index contributed by atoms with van der Waals surface area (Å²) in [5, 5.41) is 0. The van der Waals surface area contributed by atoms with Gasteiger partial charge in [0.2, 0.25) is 0 Å². The van der Waals surface area contributed by atoms with Crippen LogP contribution in [-0.2, 0) is 0 Å². The van der Waals surface area contributed by atoms with Crippen LogP contribution in [0.2, 0.25) is 0 Å². The van der Waals surface area contributed by atoms with E-state index in [0.717, 1.165) is 19.5 Å². The summed E-state index contributed by atoms with van der Waals surface area (Å²) in [6, 6.07) is 0.950. The largest absolute Gasteiger partial charge is 0.327 e. The molecule has 0 aliphatic heterocycles. The van der Waals surface area contributed by atoms with Crippen LogP contribution in [0.15, 0.2) is 0 Å². The molecule has 0 aromatic rings. The van der Waals surface area contributed by atoms with Gasteiger partial charge in [-0.3, -0.25) is 4.90 Å². The standard InChI is InChI=1S/C11H26N2/c1-6-13(10(4)5)8-11(12)7-9(2)3/h9-11H,6-8,12H2,1-5H3. The van der Waals surface area contributed by atoms with E-state index >= 15 is 0 Å². The lowest BCUT2D eigenvalue weighted by molar-refractivity contribution is 0.211. The van der Waals surface area contributed by atoms with Gasteiger partial charge in [-0.15, -0.1) is 0 Å². The second-order valence-electron chi connectivity index (χ2n) is 4.57. The Hall–Kier alpha value is -0.0800. The van der Waals surface area contributed by atoms with Crippen molar-refractivity contribution in [3.63, 3.8) is 0 Å². The van der Waals surface area contributed by atoms with Crippen LogP contribution in [0, 0.1) is 5.92 Å². The van der Waals surface area contributed by atoms with Gasteiger partial charge in [-0.1, -0.05) is 20.8 Å². The monoisotopic (exact) mass is 186 g/mol. The van der Waals surface area contributed by atoms with Gasteiger partial charge in [0.15, 0.2) is 0 Å². The van der Waals surface area contributed by atoms with Gasteiger partial charge >= 0.3 is 0 Å². The van der Waals surface area contributed by atoms with Crippen LogP contribution in [0.1, 0.15) is 41.0 Å². The third kappa shape index (κ3) is 6.05. The molecule has 0 spiro atoms. The van der Waals surface area contributed by atoms with Gasteiger partial charge in [0.25, 0.3) is 0 Å². The Kier molecular flexibility index (Phi) is 6.35. The van der Waals surface area contributed by atoms with Crippen molar-refractivity contribution in [2.24, 2.45) is 11.7 Å². The fourth-order valence-electron chi connectivity index (χ4n) is 1.69. The molecule has 2 N–H and O–H groups in total. The third-order valence-electron chi connectivity index (χ3n) is 2.38. The van der Waals surface area contributed by atoms with Gasteiger partial charge in [0, 0.05) is 18.6 Å². The molecular formula is C11H26N2. The van der Waals surface area contributed by atoms with E-state index in [1.807, 2.05) is 0 Å². The summed E-state index contributed by atoms with van der Waals surface area (Å²) in [7, 11) is 0. The predicted molar refractivity (Wildman–Crippen MR) is 59.8 cm³/mol. The average molecular weight is 186 g/mol. The van der Waals surface area contributed by atoms with Gasteiger partial charge < -0.3 is 5.73 Å². The molecule has 0 saturated carbocycles. The van der Waals surface area contributed by atoms with E-state index in [4.69, 9.17) is 5.73 Å². The van der Waals surface area contributed by atoms with E-state index in [1.165, 1.54) is 0 Å². The lowest BCUT2D eigenvalue weighted by atomic mass is 10.0. The van der Waals surface area contributed by atoms with Crippen LogP contribution in [0.3, 0.4) is 0 Å². The van der Waals surface area contributed by atoms with Gasteiger partial charge in [-0.25, -0.2) is 0 Å². The van der Waals surface area contributed by atoms with E-state index < -0.39 is 0 Å². The number of nitrogens with two attached hydrogens (primary N) is 1. The van der Waals surface area contributed by atoms with Crippen LogP contribution in [-0.4, -0.2) is 30.1 Å². The predicted octanol–water partition coefficient (Wildman–Crippen LogP) is 2.09. The first-order valence-electron chi connectivity index (χ1n) is 5.47. The normalized spacial score (nSPS) is 14.5. The zero-order valence-electron chi connectivity index (χ0n) is 9.88. The van der Waals surface area contributed by atoms with Gasteiger partial charge in [0.05, 0.1) is 0 Å². The quantitative estimate of drug-likeness (QED) is 0.688. The molecule has 2 heteroatoms. The SMILES string of the molecule is CCN(CC(N)CC(C)C)C(C)C. The second-order valence-corrected chi connectivity index (χ2v) is 4.57. The third-order valence-corrected chi connectivity index (χ3v) is 2.38. The van der Waals surface area contributed by atoms with E-state index in [2.05, 4.69) is 39.5 Å². The average Bonchev–Trinajstić information content (AvgIpc) is 1.98. The Morgan fingerprint density at radius 2 is 1.69 bits per heavy atom. The van der Waals surface area contributed by atoms with Crippen molar-refractivity contribution in [2.45, 2.75) is 53.1 Å². The van der Waals surface area contributed by atoms with E-state index in [1.54, 1.807) is 0 Å². The number of rotatable bonds is 6. The summed E-state index contributed by atoms with van der Waals surface area (Å²) in [4.78, 5) is 2.42. The van der Waals surface area contributed by atoms with Crippen molar-refractivity contribution in [3.05, 3.63) is 0 Å². The van der Waals surface area contributed by atoms with Crippen LogP contribution in [0.25, 0.3) is 0 Å². The zero-order chi connectivity index (χ0) is 10.4. The smallest absolute Gasteiger partial charge is 0.0170 e. The zero-order valence-corrected chi connectivity index (χ0v) is 9.88. The van der Waals surface area contributed by atoms with E-state index in [-0.39, 0.29) is 0 Å². The number of likely N-dealkylation sites (N-methyl/N-ethyl adjacent to an activating group) is 1. The fraction of sp³-hybridized carbons (Fsp3) is 1.00. The van der Waals surface area contributed by atoms with Crippen molar-refractivity contribution in [1.82, 2.24) is 4.90 Å². The molecule has 0 heterocycles. The minimum Gasteiger partial charge on any atom is -0.327 e. The molecule has 0 radical (unpaired) electrons. The van der Waals surface area contributed by atoms with E-state index in [0.29, 0.717) is 18.0 Å². The molecule has 0 aromatic carbocycles. The maximum atomic E-state index is 6.05. The Bertz CT molecular complexity index is 121. The number of hydrogen-bond donors (Lipinski definition) is 1. The number of nitrogens with zero attached hydrogens (tertiary/aromatic N) is 1. The van der Waals surface area contributed by atoms with Crippen molar-refractivity contribution in [2.75, 3.05) is 13.1 Å². The van der Waals surface area contributed by atoms with E-state index in [9.17, 15) is 0 Å². The van der Waals surface area contributed by atoms with Crippen LogP contribution in [0.5, 0.6) is 0 Å². The molecule has 0 fully saturated rings. The van der Waals surface area contributed by atoms with Crippen molar-refractivity contribution in [1.29, 1.82) is 0 Å². The molecule has 0 bridgehead atoms. The first kappa shape index (κ1) is 12.9. The molecular weight excluding hydrogens is 160 g/mol. The lowest BCUT2D eigenvalue weighted by Crippen LogP contribution is -2.41. The summed E-state index contributed by atoms with van der Waals surface area (Å²) in [5.41, 5.74) is 6.05. The molecule has 0 aliphatic carbocycles. The van der Waals surface area contributed by atoms with Crippen molar-refractivity contribution < 1.29 is 0 Å². The maximum Gasteiger partial charge on any atom is 0.0170 e. The molecule has 2 nitrogen and oxygen atoms in total. The fourth-order valence-corrected chi connectivity index (χ4v) is 1.69. The Balaban J connectivity index is 3.79. The summed E-state index contributed by atoms with van der Waals surface area (Å²) in [5.74, 6) is 0.709. The second kappa shape index (κ2) is 6.39. The summed E-state index contributed by atoms with van der Waals surface area (Å²) < 4.78 is 0. The first-order valence-corrected chi connectivity index (χ1v) is 5.47. The summed E-state index contributed by atoms with van der Waals surface area (Å²) in [6.45, 7) is 13.2. The molecule has 80 valence electrons. The van der Waals surface area contributed by atoms with Gasteiger partial charge in [-0.05, 0) is 32.7 Å². The highest BCUT2D eigenvalue weighted by atomic mass is 15.1. The lowest BCUT2D eigenvalue weighted by Gasteiger charge is -2.28. The molecule has 0 saturated heterocycles. The van der Waals surface area contributed by atoms with Gasteiger partial charge in [-0.2, -0.15) is 0 Å². The molecule has 13 heavy (non-hydrogen) atoms. The van der Waals surface area contributed by atoms with Crippen LogP contribution < -0.4 is 5.73 Å². The molecule has 0 aromatic heterocycles. The Morgan fingerprint density at radius 1 is 1.15 bits per heavy atom. The Labute approximate surface area is 83.5 Å². The Morgan fingerprint density at radius 3 is 2.00 bits per heavy atom. The van der Waals surface area contributed by atoms with Gasteiger partial charge in [0.1, 0.15) is 0 Å². The highest BCUT2D eigenvalue weighted by Crippen LogP contribution is 2.06. The summed E-state index contributed by atoms with van der Waals surface area (Å²) in [6.07, 6.45) is 1.13. The maximum absolute atomic E-state index is 6.05. The molecule has 1 unspecified atom stereocenters. The minimum absolute atomic E-state index is 0.336. The molecule has 0 aliphatic rings. The van der Waals surface area contributed by atoms with Crippen molar-refractivity contribution in [3.8, 4) is 0 Å². The van der Waals surface area contributed by atoms with Crippen LogP contribution in [0.4, 0.5) is 0 Å². The highest BCUT2D eigenvalue weighted by molar-refractivity contribution is 4.71. The highest BCUT2D eigenvalue weighted by Gasteiger charge is 2.12. The topological polar surface area (TPSA) is 29.3 Å². The van der Waals surface area contributed by atoms with Crippen LogP contribution >= 0.6 is 0 Å². The number of hydrogen-bond acceptors (Lipinski definition) is 2.